The van der Waals surface area contributed by atoms with E-state index in [0.717, 1.165) is 16.6 Å². The molecule has 8 heteroatoms. The number of anilines is 1. The second-order valence-corrected chi connectivity index (χ2v) is 6.90. The largest absolute Gasteiger partial charge is 0.352 e. The van der Waals surface area contributed by atoms with E-state index in [9.17, 15) is 17.6 Å². The van der Waals surface area contributed by atoms with Crippen molar-refractivity contribution in [2.75, 3.05) is 17.1 Å². The highest BCUT2D eigenvalue weighted by molar-refractivity contribution is 7.92. The number of nitrogens with one attached hydrogen (secondary N) is 1. The molecular weight excluding hydrogens is 307 g/mol. The van der Waals surface area contributed by atoms with Crippen LogP contribution in [0.5, 0.6) is 0 Å². The fraction of sp³-hybridized carbons (Fsp3) is 0.417. The molecule has 0 radical (unpaired) electrons. The summed E-state index contributed by atoms with van der Waals surface area (Å²) in [6.07, 6.45) is 0.965. The van der Waals surface area contributed by atoms with Crippen molar-refractivity contribution in [3.8, 4) is 0 Å². The Kier molecular flexibility index (Phi) is 5.35. The molecule has 0 aromatic heterocycles. The van der Waals surface area contributed by atoms with E-state index in [2.05, 4.69) is 5.32 Å². The van der Waals surface area contributed by atoms with E-state index in [1.807, 2.05) is 0 Å². The van der Waals surface area contributed by atoms with Crippen LogP contribution >= 0.6 is 11.6 Å². The molecule has 20 heavy (non-hydrogen) atoms. The molecule has 0 unspecified atom stereocenters. The van der Waals surface area contributed by atoms with Gasteiger partial charge in [-0.15, -0.1) is 0 Å². The van der Waals surface area contributed by atoms with Gasteiger partial charge < -0.3 is 5.32 Å². The number of benzene rings is 1. The van der Waals surface area contributed by atoms with Gasteiger partial charge in [-0.1, -0.05) is 11.6 Å². The van der Waals surface area contributed by atoms with E-state index in [1.54, 1.807) is 13.8 Å². The number of hydrogen-bond donors (Lipinski definition) is 1. The summed E-state index contributed by atoms with van der Waals surface area (Å²) >= 11 is 5.63. The Labute approximate surface area is 122 Å². The van der Waals surface area contributed by atoms with Crippen LogP contribution in [0.15, 0.2) is 18.2 Å². The number of hydrogen-bond acceptors (Lipinski definition) is 3. The van der Waals surface area contributed by atoms with Gasteiger partial charge in [0.05, 0.1) is 17.0 Å². The summed E-state index contributed by atoms with van der Waals surface area (Å²) in [4.78, 5) is 11.7. The average molecular weight is 323 g/mol. The molecule has 0 atom stereocenters. The van der Waals surface area contributed by atoms with Gasteiger partial charge in [0.1, 0.15) is 12.4 Å². The number of carbonyl (C=O) groups is 1. The summed E-state index contributed by atoms with van der Waals surface area (Å²) < 4.78 is 37.5. The molecule has 1 N–H and O–H groups in total. The third-order valence-electron chi connectivity index (χ3n) is 2.33. The number of sulfonamides is 1. The molecule has 0 fully saturated rings. The van der Waals surface area contributed by atoms with Crippen molar-refractivity contribution in [2.24, 2.45) is 0 Å². The molecule has 112 valence electrons. The number of nitrogens with zero attached hydrogens (tertiary/aromatic N) is 1. The van der Waals surface area contributed by atoms with Gasteiger partial charge in [0.25, 0.3) is 0 Å². The fourth-order valence-corrected chi connectivity index (χ4v) is 2.56. The maximum Gasteiger partial charge on any atom is 0.240 e. The van der Waals surface area contributed by atoms with Crippen LogP contribution in [0.3, 0.4) is 0 Å². The van der Waals surface area contributed by atoms with Crippen LogP contribution in [0.1, 0.15) is 13.8 Å². The minimum atomic E-state index is -3.69. The Morgan fingerprint density at radius 2 is 2.05 bits per heavy atom. The van der Waals surface area contributed by atoms with E-state index in [-0.39, 0.29) is 23.3 Å². The molecule has 0 aliphatic carbocycles. The van der Waals surface area contributed by atoms with Crippen LogP contribution in [0, 0.1) is 5.82 Å². The van der Waals surface area contributed by atoms with Gasteiger partial charge in [-0.2, -0.15) is 0 Å². The van der Waals surface area contributed by atoms with Crippen molar-refractivity contribution in [3.05, 3.63) is 29.0 Å². The van der Waals surface area contributed by atoms with Crippen molar-refractivity contribution in [3.63, 3.8) is 0 Å². The van der Waals surface area contributed by atoms with Crippen molar-refractivity contribution in [1.82, 2.24) is 5.32 Å². The summed E-state index contributed by atoms with van der Waals surface area (Å²) in [6, 6.07) is 3.36. The SMILES string of the molecule is CC(C)NC(=O)CN(c1ccc(F)c(Cl)c1)S(C)(=O)=O. The Hall–Kier alpha value is -1.34. The van der Waals surface area contributed by atoms with Crippen molar-refractivity contribution >= 4 is 33.2 Å². The zero-order valence-corrected chi connectivity index (χ0v) is 12.9. The van der Waals surface area contributed by atoms with Gasteiger partial charge in [-0.05, 0) is 32.0 Å². The normalized spacial score (nSPS) is 11.5. The molecule has 0 spiro atoms. The molecule has 1 amide bonds. The molecule has 0 saturated heterocycles. The quantitative estimate of drug-likeness (QED) is 0.898. The van der Waals surface area contributed by atoms with Gasteiger partial charge in [0, 0.05) is 6.04 Å². The molecule has 0 aliphatic rings. The fourth-order valence-electron chi connectivity index (χ4n) is 1.54. The molecule has 0 saturated carbocycles. The highest BCUT2D eigenvalue weighted by Gasteiger charge is 2.21. The van der Waals surface area contributed by atoms with E-state index >= 15 is 0 Å². The van der Waals surface area contributed by atoms with Crippen LogP contribution in [0.2, 0.25) is 5.02 Å². The maximum atomic E-state index is 13.1. The lowest BCUT2D eigenvalue weighted by atomic mass is 10.3. The standard InChI is InChI=1S/C12H16ClFN2O3S/c1-8(2)15-12(17)7-16(20(3,18)19)9-4-5-11(14)10(13)6-9/h4-6,8H,7H2,1-3H3,(H,15,17). The molecule has 0 aliphatic heterocycles. The summed E-state index contributed by atoms with van der Waals surface area (Å²) in [6.45, 7) is 3.13. The molecule has 0 bridgehead atoms. The van der Waals surface area contributed by atoms with Gasteiger partial charge >= 0.3 is 0 Å². The molecular formula is C12H16ClFN2O3S. The summed E-state index contributed by atoms with van der Waals surface area (Å²) in [7, 11) is -3.69. The van der Waals surface area contributed by atoms with Gasteiger partial charge in [0.15, 0.2) is 0 Å². The molecule has 0 heterocycles. The highest BCUT2D eigenvalue weighted by atomic mass is 35.5. The topological polar surface area (TPSA) is 66.5 Å². The first-order chi connectivity index (χ1) is 9.11. The van der Waals surface area contributed by atoms with E-state index in [0.29, 0.717) is 0 Å². The van der Waals surface area contributed by atoms with Crippen LogP contribution in [0.4, 0.5) is 10.1 Å². The lowest BCUT2D eigenvalue weighted by molar-refractivity contribution is -0.120. The zero-order valence-electron chi connectivity index (χ0n) is 11.4. The first-order valence-corrected chi connectivity index (χ1v) is 8.06. The van der Waals surface area contributed by atoms with E-state index in [4.69, 9.17) is 11.6 Å². The molecule has 1 rings (SSSR count). The van der Waals surface area contributed by atoms with E-state index in [1.165, 1.54) is 12.1 Å². The average Bonchev–Trinajstić information content (AvgIpc) is 2.27. The van der Waals surface area contributed by atoms with Gasteiger partial charge in [0.2, 0.25) is 15.9 Å². The summed E-state index contributed by atoms with van der Waals surface area (Å²) in [5.41, 5.74) is 0.137. The number of carbonyl (C=O) groups excluding carboxylic acids is 1. The van der Waals surface area contributed by atoms with Crippen LogP contribution in [0.25, 0.3) is 0 Å². The minimum Gasteiger partial charge on any atom is -0.352 e. The van der Waals surface area contributed by atoms with Crippen LogP contribution in [-0.4, -0.2) is 33.2 Å². The highest BCUT2D eigenvalue weighted by Crippen LogP contribution is 2.24. The Morgan fingerprint density at radius 3 is 2.50 bits per heavy atom. The zero-order chi connectivity index (χ0) is 15.5. The predicted molar refractivity (Wildman–Crippen MR) is 76.9 cm³/mol. The van der Waals surface area contributed by atoms with Crippen LogP contribution in [-0.2, 0) is 14.8 Å². The number of halogens is 2. The minimum absolute atomic E-state index is 0.110. The predicted octanol–water partition coefficient (Wildman–Crippen LogP) is 1.77. The monoisotopic (exact) mass is 322 g/mol. The lowest BCUT2D eigenvalue weighted by Crippen LogP contribution is -2.42. The number of rotatable bonds is 5. The smallest absolute Gasteiger partial charge is 0.240 e. The van der Waals surface area contributed by atoms with Gasteiger partial charge in [-0.3, -0.25) is 9.10 Å². The van der Waals surface area contributed by atoms with Crippen LogP contribution < -0.4 is 9.62 Å². The second-order valence-electron chi connectivity index (χ2n) is 4.59. The molecule has 1 aromatic rings. The van der Waals surface area contributed by atoms with Crippen molar-refractivity contribution < 1.29 is 17.6 Å². The Balaban J connectivity index is 3.08. The Morgan fingerprint density at radius 1 is 1.45 bits per heavy atom. The van der Waals surface area contributed by atoms with Crippen molar-refractivity contribution in [2.45, 2.75) is 19.9 Å². The molecule has 1 aromatic carbocycles. The third-order valence-corrected chi connectivity index (χ3v) is 3.76. The summed E-state index contributed by atoms with van der Waals surface area (Å²) in [5.74, 6) is -1.11. The maximum absolute atomic E-state index is 13.1. The van der Waals surface area contributed by atoms with E-state index < -0.39 is 21.7 Å². The van der Waals surface area contributed by atoms with Gasteiger partial charge in [-0.25, -0.2) is 12.8 Å². The first-order valence-electron chi connectivity index (χ1n) is 5.83. The third kappa shape index (κ3) is 4.64. The number of amides is 1. The Bertz CT molecular complexity index is 605. The molecule has 5 nitrogen and oxygen atoms in total. The second kappa shape index (κ2) is 6.41. The summed E-state index contributed by atoms with van der Waals surface area (Å²) in [5, 5.41) is 2.38. The lowest BCUT2D eigenvalue weighted by Gasteiger charge is -2.22. The first kappa shape index (κ1) is 16.7. The van der Waals surface area contributed by atoms with Crippen molar-refractivity contribution in [1.29, 1.82) is 0 Å².